The maximum atomic E-state index is 10.2. The third-order valence-corrected chi connectivity index (χ3v) is 2.50. The van der Waals surface area contributed by atoms with E-state index in [1.807, 2.05) is 38.1 Å². The second-order valence-corrected chi connectivity index (χ2v) is 3.98. The fourth-order valence-corrected chi connectivity index (χ4v) is 1.72. The lowest BCUT2D eigenvalue weighted by atomic mass is 9.91. The van der Waals surface area contributed by atoms with Gasteiger partial charge in [0.15, 0.2) is 0 Å². The molecule has 0 fully saturated rings. The van der Waals surface area contributed by atoms with Gasteiger partial charge >= 0.3 is 0 Å². The van der Waals surface area contributed by atoms with Crippen molar-refractivity contribution in [3.8, 4) is 5.75 Å². The van der Waals surface area contributed by atoms with E-state index in [0.717, 1.165) is 24.2 Å². The number of hydrogen-bond donors (Lipinski definition) is 1. The van der Waals surface area contributed by atoms with E-state index in [4.69, 9.17) is 4.74 Å². The summed E-state index contributed by atoms with van der Waals surface area (Å²) in [6.07, 6.45) is 1.73. The van der Waals surface area contributed by atoms with Gasteiger partial charge in [-0.2, -0.15) is 0 Å². The molecule has 1 unspecified atom stereocenters. The lowest BCUT2D eigenvalue weighted by Gasteiger charge is -2.23. The van der Waals surface area contributed by atoms with Gasteiger partial charge in [0.05, 0.1) is 12.2 Å². The van der Waals surface area contributed by atoms with Gasteiger partial charge in [0.1, 0.15) is 5.75 Å². The highest BCUT2D eigenvalue weighted by Crippen LogP contribution is 2.28. The molecule has 84 valence electrons. The Labute approximate surface area is 91.9 Å². The monoisotopic (exact) mass is 208 g/mol. The molecule has 0 amide bonds. The van der Waals surface area contributed by atoms with E-state index in [1.165, 1.54) is 0 Å². The smallest absolute Gasteiger partial charge is 0.119 e. The molecule has 0 heterocycles. The number of ether oxygens (including phenoxy) is 1. The fourth-order valence-electron chi connectivity index (χ4n) is 1.72. The molecule has 0 bridgehead atoms. The molecule has 0 aliphatic heterocycles. The molecular formula is C13H20O2. The van der Waals surface area contributed by atoms with Gasteiger partial charge in [-0.25, -0.2) is 0 Å². The van der Waals surface area contributed by atoms with Crippen LogP contribution in [0.1, 0.15) is 39.2 Å². The summed E-state index contributed by atoms with van der Waals surface area (Å²) in [4.78, 5) is 0. The Morgan fingerprint density at radius 2 is 2.07 bits per heavy atom. The molecule has 0 radical (unpaired) electrons. The Morgan fingerprint density at radius 3 is 2.67 bits per heavy atom. The van der Waals surface area contributed by atoms with Crippen LogP contribution in [0, 0.1) is 0 Å². The Bertz CT molecular complexity index is 305. The van der Waals surface area contributed by atoms with Gasteiger partial charge in [-0.1, -0.05) is 25.5 Å². The number of rotatable bonds is 5. The summed E-state index contributed by atoms with van der Waals surface area (Å²) < 4.78 is 5.41. The minimum Gasteiger partial charge on any atom is -0.494 e. The van der Waals surface area contributed by atoms with Gasteiger partial charge in [-0.15, -0.1) is 0 Å². The third kappa shape index (κ3) is 3.24. The SMILES string of the molecule is CCCC(C)(O)c1cccc(OCC)c1. The van der Waals surface area contributed by atoms with Crippen LogP contribution in [0.3, 0.4) is 0 Å². The maximum absolute atomic E-state index is 10.2. The van der Waals surface area contributed by atoms with Crippen LogP contribution in [0.4, 0.5) is 0 Å². The third-order valence-electron chi connectivity index (χ3n) is 2.50. The summed E-state index contributed by atoms with van der Waals surface area (Å²) in [6.45, 7) is 6.53. The lowest BCUT2D eigenvalue weighted by molar-refractivity contribution is 0.0467. The van der Waals surface area contributed by atoms with Crippen LogP contribution >= 0.6 is 0 Å². The van der Waals surface area contributed by atoms with E-state index in [1.54, 1.807) is 0 Å². The minimum absolute atomic E-state index is 0.652. The van der Waals surface area contributed by atoms with E-state index in [2.05, 4.69) is 6.92 Å². The van der Waals surface area contributed by atoms with Gasteiger partial charge in [-0.05, 0) is 38.0 Å². The maximum Gasteiger partial charge on any atom is 0.119 e. The zero-order valence-corrected chi connectivity index (χ0v) is 9.79. The van der Waals surface area contributed by atoms with Gasteiger partial charge in [0.25, 0.3) is 0 Å². The van der Waals surface area contributed by atoms with E-state index in [9.17, 15) is 5.11 Å². The van der Waals surface area contributed by atoms with E-state index >= 15 is 0 Å². The Morgan fingerprint density at radius 1 is 1.33 bits per heavy atom. The quantitative estimate of drug-likeness (QED) is 0.805. The predicted molar refractivity (Wildman–Crippen MR) is 62.1 cm³/mol. The first-order valence-electron chi connectivity index (χ1n) is 5.56. The molecule has 1 aromatic rings. The number of benzene rings is 1. The molecule has 1 rings (SSSR count). The fraction of sp³-hybridized carbons (Fsp3) is 0.538. The topological polar surface area (TPSA) is 29.5 Å². The first-order chi connectivity index (χ1) is 7.10. The van der Waals surface area contributed by atoms with Crippen molar-refractivity contribution in [2.24, 2.45) is 0 Å². The molecule has 0 saturated heterocycles. The van der Waals surface area contributed by atoms with E-state index < -0.39 is 5.60 Å². The molecule has 2 heteroatoms. The van der Waals surface area contributed by atoms with Crippen molar-refractivity contribution >= 4 is 0 Å². The Hall–Kier alpha value is -1.02. The molecule has 0 saturated carbocycles. The molecule has 1 N–H and O–H groups in total. The van der Waals surface area contributed by atoms with Crippen molar-refractivity contribution in [3.05, 3.63) is 29.8 Å². The molecule has 0 aliphatic rings. The van der Waals surface area contributed by atoms with Crippen LogP contribution in [-0.2, 0) is 5.60 Å². The van der Waals surface area contributed by atoms with Crippen LogP contribution in [0.5, 0.6) is 5.75 Å². The summed E-state index contributed by atoms with van der Waals surface area (Å²) in [5.74, 6) is 0.825. The van der Waals surface area contributed by atoms with Crippen molar-refractivity contribution in [1.82, 2.24) is 0 Å². The second kappa shape index (κ2) is 5.17. The van der Waals surface area contributed by atoms with Crippen molar-refractivity contribution in [2.75, 3.05) is 6.61 Å². The zero-order valence-electron chi connectivity index (χ0n) is 9.79. The minimum atomic E-state index is -0.748. The van der Waals surface area contributed by atoms with Crippen molar-refractivity contribution in [3.63, 3.8) is 0 Å². The summed E-state index contributed by atoms with van der Waals surface area (Å²) in [7, 11) is 0. The first-order valence-corrected chi connectivity index (χ1v) is 5.56. The number of aliphatic hydroxyl groups is 1. The van der Waals surface area contributed by atoms with Crippen LogP contribution < -0.4 is 4.74 Å². The highest BCUT2D eigenvalue weighted by Gasteiger charge is 2.21. The predicted octanol–water partition coefficient (Wildman–Crippen LogP) is 3.09. The first kappa shape index (κ1) is 12.1. The van der Waals surface area contributed by atoms with Crippen molar-refractivity contribution in [2.45, 2.75) is 39.2 Å². The van der Waals surface area contributed by atoms with Crippen LogP contribution in [0.25, 0.3) is 0 Å². The van der Waals surface area contributed by atoms with Gasteiger partial charge in [0.2, 0.25) is 0 Å². The highest BCUT2D eigenvalue weighted by atomic mass is 16.5. The van der Waals surface area contributed by atoms with Gasteiger partial charge in [-0.3, -0.25) is 0 Å². The average Bonchev–Trinajstić information content (AvgIpc) is 2.19. The van der Waals surface area contributed by atoms with Crippen molar-refractivity contribution in [1.29, 1.82) is 0 Å². The van der Waals surface area contributed by atoms with Crippen molar-refractivity contribution < 1.29 is 9.84 Å². The molecule has 0 spiro atoms. The molecule has 0 aromatic heterocycles. The Balaban J connectivity index is 2.88. The standard InChI is InChI=1S/C13H20O2/c1-4-9-13(3,14)11-7-6-8-12(10-11)15-5-2/h6-8,10,14H,4-5,9H2,1-3H3. The normalized spacial score (nSPS) is 14.7. The summed E-state index contributed by atoms with van der Waals surface area (Å²) in [5, 5.41) is 10.2. The average molecular weight is 208 g/mol. The molecule has 1 atom stereocenters. The highest BCUT2D eigenvalue weighted by molar-refractivity contribution is 5.31. The summed E-state index contributed by atoms with van der Waals surface area (Å²) >= 11 is 0. The largest absolute Gasteiger partial charge is 0.494 e. The van der Waals surface area contributed by atoms with Crippen LogP contribution in [0.2, 0.25) is 0 Å². The molecule has 15 heavy (non-hydrogen) atoms. The van der Waals surface area contributed by atoms with Gasteiger partial charge in [0, 0.05) is 0 Å². The summed E-state index contributed by atoms with van der Waals surface area (Å²) in [5.41, 5.74) is 0.178. The number of hydrogen-bond acceptors (Lipinski definition) is 2. The Kier molecular flexibility index (Phi) is 4.15. The molecular weight excluding hydrogens is 188 g/mol. The molecule has 1 aromatic carbocycles. The second-order valence-electron chi connectivity index (χ2n) is 3.98. The van der Waals surface area contributed by atoms with E-state index in [-0.39, 0.29) is 0 Å². The molecule has 2 nitrogen and oxygen atoms in total. The zero-order chi connectivity index (χ0) is 11.3. The van der Waals surface area contributed by atoms with E-state index in [0.29, 0.717) is 6.61 Å². The van der Waals surface area contributed by atoms with Crippen LogP contribution in [-0.4, -0.2) is 11.7 Å². The molecule has 0 aliphatic carbocycles. The lowest BCUT2D eigenvalue weighted by Crippen LogP contribution is -2.20. The van der Waals surface area contributed by atoms with Gasteiger partial charge < -0.3 is 9.84 Å². The summed E-state index contributed by atoms with van der Waals surface area (Å²) in [6, 6.07) is 7.69. The van der Waals surface area contributed by atoms with Crippen LogP contribution in [0.15, 0.2) is 24.3 Å².